The highest BCUT2D eigenvalue weighted by atomic mass is 35.5. The summed E-state index contributed by atoms with van der Waals surface area (Å²) in [5, 5.41) is 7.63. The Morgan fingerprint density at radius 1 is 1.04 bits per heavy atom. The fourth-order valence-electron chi connectivity index (χ4n) is 5.10. The zero-order valence-electron chi connectivity index (χ0n) is 24.4. The van der Waals surface area contributed by atoms with E-state index in [1.54, 1.807) is 61.1 Å². The first-order valence-corrected chi connectivity index (χ1v) is 15.8. The number of benzene rings is 2. The van der Waals surface area contributed by atoms with Gasteiger partial charge in [-0.1, -0.05) is 29.8 Å². The molecular formula is C33H28ClFN6O4S. The van der Waals surface area contributed by atoms with Gasteiger partial charge >= 0.3 is 0 Å². The quantitative estimate of drug-likeness (QED) is 0.0972. The van der Waals surface area contributed by atoms with Gasteiger partial charge in [0.1, 0.15) is 35.2 Å². The second-order valence-electron chi connectivity index (χ2n) is 10.5. The summed E-state index contributed by atoms with van der Waals surface area (Å²) in [6.45, 7) is 0.755. The minimum atomic E-state index is -2.42. The Balaban J connectivity index is 1.17. The molecule has 1 aliphatic heterocycles. The molecule has 0 bridgehead atoms. The van der Waals surface area contributed by atoms with Crippen LogP contribution >= 0.6 is 11.6 Å². The van der Waals surface area contributed by atoms with Crippen LogP contribution in [0.1, 0.15) is 29.8 Å². The Morgan fingerprint density at radius 2 is 1.96 bits per heavy atom. The maximum atomic E-state index is 13.5. The lowest BCUT2D eigenvalue weighted by Gasteiger charge is -2.28. The lowest BCUT2D eigenvalue weighted by Crippen LogP contribution is -2.33. The van der Waals surface area contributed by atoms with Crippen LogP contribution in [-0.2, 0) is 27.2 Å². The van der Waals surface area contributed by atoms with E-state index >= 15 is 0 Å². The third-order valence-corrected chi connectivity index (χ3v) is 8.50. The van der Waals surface area contributed by atoms with Crippen molar-refractivity contribution in [3.63, 3.8) is 0 Å². The topological polar surface area (TPSA) is 128 Å². The van der Waals surface area contributed by atoms with Crippen molar-refractivity contribution >= 4 is 49.2 Å². The minimum Gasteiger partial charge on any atom is -0.489 e. The van der Waals surface area contributed by atoms with E-state index in [1.165, 1.54) is 18.5 Å². The summed E-state index contributed by atoms with van der Waals surface area (Å²) in [7, 11) is -2.42. The summed E-state index contributed by atoms with van der Waals surface area (Å²) in [6, 6.07) is 18.5. The van der Waals surface area contributed by atoms with Gasteiger partial charge in [0.25, 0.3) is 0 Å². The SMILES string of the molecule is O=S(=O)=C(CNCCC1(c2cc3c(Nc4ccc(OCc5cccc(F)c5)c(Cl)c4)ncnc3cn2)CC=CO1)c1ccccn1. The molecule has 46 heavy (non-hydrogen) atoms. The van der Waals surface area contributed by atoms with Gasteiger partial charge in [-0.05, 0) is 66.7 Å². The average molecular weight is 659 g/mol. The number of hydrogen-bond acceptors (Lipinski definition) is 10. The van der Waals surface area contributed by atoms with Crippen LogP contribution in [0.5, 0.6) is 5.75 Å². The van der Waals surface area contributed by atoms with Gasteiger partial charge < -0.3 is 20.1 Å². The molecule has 0 amide bonds. The molecule has 2 N–H and O–H groups in total. The number of pyridine rings is 2. The Bertz CT molecular complexity index is 2030. The van der Waals surface area contributed by atoms with Crippen LogP contribution in [0.15, 0.2) is 97.8 Å². The molecule has 0 saturated carbocycles. The van der Waals surface area contributed by atoms with Crippen LogP contribution in [0.3, 0.4) is 0 Å². The summed E-state index contributed by atoms with van der Waals surface area (Å²) >= 11 is 6.52. The number of halogens is 2. The number of aromatic nitrogens is 4. The Kier molecular flexibility index (Phi) is 9.48. The van der Waals surface area contributed by atoms with Crippen LogP contribution in [0, 0.1) is 5.82 Å². The van der Waals surface area contributed by atoms with Gasteiger partial charge in [0.2, 0.25) is 10.3 Å². The van der Waals surface area contributed by atoms with Gasteiger partial charge in [0.15, 0.2) is 5.60 Å². The molecule has 10 nitrogen and oxygen atoms in total. The average Bonchev–Trinajstić information content (AvgIpc) is 3.55. The fraction of sp³-hybridized carbons (Fsp3) is 0.182. The van der Waals surface area contributed by atoms with Crippen LogP contribution < -0.4 is 15.4 Å². The predicted octanol–water partition coefficient (Wildman–Crippen LogP) is 5.74. The number of nitrogens with zero attached hydrogens (tertiary/aromatic N) is 4. The molecule has 0 spiro atoms. The van der Waals surface area contributed by atoms with Crippen molar-refractivity contribution in [2.45, 2.75) is 25.0 Å². The molecule has 13 heteroatoms. The Morgan fingerprint density at radius 3 is 2.72 bits per heavy atom. The van der Waals surface area contributed by atoms with Crippen molar-refractivity contribution in [1.82, 2.24) is 25.3 Å². The summed E-state index contributed by atoms with van der Waals surface area (Å²) < 4.78 is 49.1. The lowest BCUT2D eigenvalue weighted by molar-refractivity contribution is 0.0290. The monoisotopic (exact) mass is 658 g/mol. The molecule has 0 fully saturated rings. The molecule has 4 heterocycles. The fourth-order valence-corrected chi connectivity index (χ4v) is 5.85. The minimum absolute atomic E-state index is 0.126. The molecule has 0 aliphatic carbocycles. The molecular weight excluding hydrogens is 631 g/mol. The molecule has 0 saturated heterocycles. The van der Waals surface area contributed by atoms with E-state index in [4.69, 9.17) is 21.1 Å². The second kappa shape index (κ2) is 14.0. The summed E-state index contributed by atoms with van der Waals surface area (Å²) in [4.78, 5) is 17.9. The highest BCUT2D eigenvalue weighted by Gasteiger charge is 2.37. The van der Waals surface area contributed by atoms with Crippen LogP contribution in [0.4, 0.5) is 15.9 Å². The predicted molar refractivity (Wildman–Crippen MR) is 174 cm³/mol. The number of fused-ring (bicyclic) bond motifs is 1. The first kappa shape index (κ1) is 31.1. The molecule has 0 radical (unpaired) electrons. The zero-order valence-corrected chi connectivity index (χ0v) is 25.9. The highest BCUT2D eigenvalue weighted by molar-refractivity contribution is 7.73. The van der Waals surface area contributed by atoms with Gasteiger partial charge in [-0.15, -0.1) is 0 Å². The molecule has 6 rings (SSSR count). The molecule has 234 valence electrons. The highest BCUT2D eigenvalue weighted by Crippen LogP contribution is 2.38. The van der Waals surface area contributed by atoms with E-state index < -0.39 is 15.9 Å². The summed E-state index contributed by atoms with van der Waals surface area (Å²) in [5.41, 5.74) is 2.33. The van der Waals surface area contributed by atoms with Crippen LogP contribution in [0.2, 0.25) is 5.02 Å². The first-order valence-electron chi connectivity index (χ1n) is 14.4. The third kappa shape index (κ3) is 7.15. The van der Waals surface area contributed by atoms with Crippen LogP contribution in [0.25, 0.3) is 10.9 Å². The third-order valence-electron chi connectivity index (χ3n) is 7.45. The maximum absolute atomic E-state index is 13.5. The number of nitrogens with one attached hydrogen (secondary N) is 2. The lowest BCUT2D eigenvalue weighted by atomic mass is 9.91. The van der Waals surface area contributed by atoms with Gasteiger partial charge in [0.05, 0.1) is 34.4 Å². The van der Waals surface area contributed by atoms with Crippen molar-refractivity contribution in [1.29, 1.82) is 0 Å². The van der Waals surface area contributed by atoms with Crippen molar-refractivity contribution in [3.05, 3.63) is 126 Å². The number of rotatable bonds is 12. The maximum Gasteiger partial charge on any atom is 0.220 e. The van der Waals surface area contributed by atoms with E-state index in [0.717, 1.165) is 5.39 Å². The molecule has 1 unspecified atom stereocenters. The van der Waals surface area contributed by atoms with Crippen molar-refractivity contribution in [2.24, 2.45) is 0 Å². The van der Waals surface area contributed by atoms with Gasteiger partial charge in [-0.25, -0.2) is 14.4 Å². The van der Waals surface area contributed by atoms with E-state index in [9.17, 15) is 12.8 Å². The van der Waals surface area contributed by atoms with Gasteiger partial charge in [-0.2, -0.15) is 8.42 Å². The molecule has 3 aromatic heterocycles. The van der Waals surface area contributed by atoms with Crippen molar-refractivity contribution < 1.29 is 22.3 Å². The molecule has 1 atom stereocenters. The summed E-state index contributed by atoms with van der Waals surface area (Å²) in [6.07, 6.45) is 9.38. The van der Waals surface area contributed by atoms with E-state index in [1.807, 2.05) is 18.2 Å². The number of anilines is 2. The number of hydrogen-bond donors (Lipinski definition) is 2. The van der Waals surface area contributed by atoms with E-state index in [0.29, 0.717) is 64.1 Å². The first-order chi connectivity index (χ1) is 22.4. The standard InChI is InChI=1S/C33H28ClFN6O4S/c34-26-16-24(8-9-29(26)44-20-22-5-3-6-23(35)15-22)41-32-25-17-31(38-18-28(25)39-21-40-32)33(10-4-14-45-33)11-13-36-19-30(46(42)43)27-7-1-2-12-37-27/h1-9,12,14-18,21,36H,10-11,13,19-20H2,(H,39,40,41). The van der Waals surface area contributed by atoms with Gasteiger partial charge in [0, 0.05) is 36.7 Å². The Hall–Kier alpha value is -4.91. The zero-order chi connectivity index (χ0) is 31.9. The number of ether oxygens (including phenoxy) is 2. The molecule has 1 aliphatic rings. The second-order valence-corrected chi connectivity index (χ2v) is 11.9. The molecule has 5 aromatic rings. The normalized spacial score (nSPS) is 15.4. The van der Waals surface area contributed by atoms with Crippen LogP contribution in [-0.4, -0.2) is 46.3 Å². The van der Waals surface area contributed by atoms with E-state index in [-0.39, 0.29) is 23.8 Å². The Labute approximate surface area is 270 Å². The largest absolute Gasteiger partial charge is 0.489 e. The van der Waals surface area contributed by atoms with Crippen molar-refractivity contribution in [3.8, 4) is 5.75 Å². The smallest absolute Gasteiger partial charge is 0.220 e. The van der Waals surface area contributed by atoms with E-state index in [2.05, 4.69) is 30.6 Å². The summed E-state index contributed by atoms with van der Waals surface area (Å²) in [5.74, 6) is 0.678. The van der Waals surface area contributed by atoms with Crippen molar-refractivity contribution in [2.75, 3.05) is 18.4 Å². The van der Waals surface area contributed by atoms with Gasteiger partial charge in [-0.3, -0.25) is 9.97 Å². The molecule has 2 aromatic carbocycles.